The molecular formula is C11H14N4O3S. The van der Waals surface area contributed by atoms with E-state index in [0.717, 1.165) is 10.5 Å². The maximum absolute atomic E-state index is 9.78. The molecule has 0 unspecified atom stereocenters. The Bertz CT molecular complexity index is 590. The van der Waals surface area contributed by atoms with Crippen LogP contribution in [0.15, 0.2) is 17.7 Å². The van der Waals surface area contributed by atoms with Gasteiger partial charge in [-0.3, -0.25) is 4.57 Å². The van der Waals surface area contributed by atoms with Crippen LogP contribution in [0.3, 0.4) is 0 Å². The number of ether oxygens (including phenoxy) is 1. The van der Waals surface area contributed by atoms with Gasteiger partial charge >= 0.3 is 0 Å². The molecule has 0 saturated carbocycles. The molecule has 3 heterocycles. The first kappa shape index (κ1) is 12.8. The normalized spacial score (nSPS) is 27.2. The van der Waals surface area contributed by atoms with Crippen LogP contribution in [0, 0.1) is 0 Å². The summed E-state index contributed by atoms with van der Waals surface area (Å²) in [6, 6.07) is 0. The van der Waals surface area contributed by atoms with Gasteiger partial charge in [0.2, 0.25) is 0 Å². The zero-order valence-electron chi connectivity index (χ0n) is 10.3. The molecule has 19 heavy (non-hydrogen) atoms. The van der Waals surface area contributed by atoms with Crippen LogP contribution in [0.4, 0.5) is 0 Å². The highest BCUT2D eigenvalue weighted by Crippen LogP contribution is 2.31. The number of nitrogens with zero attached hydrogens (tertiary/aromatic N) is 4. The minimum absolute atomic E-state index is 0.199. The van der Waals surface area contributed by atoms with Crippen molar-refractivity contribution < 1.29 is 14.9 Å². The third-order valence-corrected chi connectivity index (χ3v) is 3.90. The van der Waals surface area contributed by atoms with E-state index in [-0.39, 0.29) is 12.8 Å². The fourth-order valence-corrected chi connectivity index (χ4v) is 2.73. The average molecular weight is 282 g/mol. The molecule has 3 atom stereocenters. The number of imidazole rings is 1. The Morgan fingerprint density at radius 2 is 2.32 bits per heavy atom. The van der Waals surface area contributed by atoms with Gasteiger partial charge in [0, 0.05) is 6.42 Å². The zero-order valence-corrected chi connectivity index (χ0v) is 11.1. The second-order valence-electron chi connectivity index (χ2n) is 4.32. The number of rotatable bonds is 3. The van der Waals surface area contributed by atoms with Crippen LogP contribution in [-0.4, -0.2) is 54.8 Å². The molecule has 7 nitrogen and oxygen atoms in total. The topological polar surface area (TPSA) is 93.3 Å². The summed E-state index contributed by atoms with van der Waals surface area (Å²) in [7, 11) is 0. The van der Waals surface area contributed by atoms with Crippen molar-refractivity contribution in [1.82, 2.24) is 19.5 Å². The predicted molar refractivity (Wildman–Crippen MR) is 68.7 cm³/mol. The summed E-state index contributed by atoms with van der Waals surface area (Å²) in [6.07, 6.45) is 3.88. The SMILES string of the molecule is CSc1ncnc2c1ncn2[C@H]1C[C@H](O)[C@@H](CO)O1. The van der Waals surface area contributed by atoms with E-state index in [9.17, 15) is 5.11 Å². The first-order valence-electron chi connectivity index (χ1n) is 5.90. The second kappa shape index (κ2) is 5.04. The molecule has 0 spiro atoms. The lowest BCUT2D eigenvalue weighted by molar-refractivity contribution is -0.0432. The highest BCUT2D eigenvalue weighted by atomic mass is 32.2. The molecule has 8 heteroatoms. The molecule has 0 aromatic carbocycles. The van der Waals surface area contributed by atoms with Crippen molar-refractivity contribution >= 4 is 22.9 Å². The van der Waals surface area contributed by atoms with Crippen molar-refractivity contribution in [2.24, 2.45) is 0 Å². The summed E-state index contributed by atoms with van der Waals surface area (Å²) >= 11 is 1.50. The molecule has 1 aliphatic heterocycles. The Kier molecular flexibility index (Phi) is 3.40. The quantitative estimate of drug-likeness (QED) is 0.613. The van der Waals surface area contributed by atoms with E-state index in [2.05, 4.69) is 15.0 Å². The lowest BCUT2D eigenvalue weighted by Gasteiger charge is -2.13. The van der Waals surface area contributed by atoms with E-state index in [4.69, 9.17) is 9.84 Å². The standard InChI is InChI=1S/C11H14N4O3S/c1-19-11-9-10(12-4-13-11)15(5-14-9)8-2-6(17)7(3-16)18-8/h4-8,16-17H,2-3H2,1H3/t6-,7+,8+/m0/s1. The third-order valence-electron chi connectivity index (χ3n) is 3.21. The molecule has 1 saturated heterocycles. The van der Waals surface area contributed by atoms with Gasteiger partial charge in [0.05, 0.1) is 19.0 Å². The lowest BCUT2D eigenvalue weighted by atomic mass is 10.2. The fraction of sp³-hybridized carbons (Fsp3) is 0.545. The number of fused-ring (bicyclic) bond motifs is 1. The molecule has 102 valence electrons. The van der Waals surface area contributed by atoms with Crippen molar-refractivity contribution in [3.05, 3.63) is 12.7 Å². The Labute approximate surface area is 113 Å². The maximum atomic E-state index is 9.78. The van der Waals surface area contributed by atoms with Crippen molar-refractivity contribution in [2.75, 3.05) is 12.9 Å². The number of aliphatic hydroxyl groups is 2. The molecule has 0 aliphatic carbocycles. The first-order chi connectivity index (χ1) is 9.24. The smallest absolute Gasteiger partial charge is 0.166 e. The van der Waals surface area contributed by atoms with Crippen molar-refractivity contribution in [3.8, 4) is 0 Å². The Morgan fingerprint density at radius 1 is 1.47 bits per heavy atom. The van der Waals surface area contributed by atoms with E-state index < -0.39 is 12.2 Å². The average Bonchev–Trinajstić information content (AvgIpc) is 3.01. The van der Waals surface area contributed by atoms with Crippen LogP contribution >= 0.6 is 11.8 Å². The summed E-state index contributed by atoms with van der Waals surface area (Å²) in [5, 5.41) is 19.7. The van der Waals surface area contributed by atoms with Gasteiger partial charge in [0.1, 0.15) is 29.2 Å². The molecule has 0 amide bonds. The number of aromatic nitrogens is 4. The van der Waals surface area contributed by atoms with Gasteiger partial charge in [-0.25, -0.2) is 15.0 Å². The van der Waals surface area contributed by atoms with Gasteiger partial charge in [-0.1, -0.05) is 0 Å². The summed E-state index contributed by atoms with van der Waals surface area (Å²) < 4.78 is 7.38. The largest absolute Gasteiger partial charge is 0.394 e. The summed E-state index contributed by atoms with van der Waals surface area (Å²) in [6.45, 7) is -0.199. The van der Waals surface area contributed by atoms with Gasteiger partial charge in [0.25, 0.3) is 0 Å². The van der Waals surface area contributed by atoms with Crippen LogP contribution in [0.25, 0.3) is 11.2 Å². The molecule has 1 fully saturated rings. The minimum Gasteiger partial charge on any atom is -0.394 e. The predicted octanol–water partition coefficient (Wildman–Crippen LogP) is 0.189. The maximum Gasteiger partial charge on any atom is 0.166 e. The number of hydrogen-bond donors (Lipinski definition) is 2. The molecule has 1 aliphatic rings. The van der Waals surface area contributed by atoms with Gasteiger partial charge in [-0.15, -0.1) is 11.8 Å². The van der Waals surface area contributed by atoms with E-state index >= 15 is 0 Å². The molecule has 2 N–H and O–H groups in total. The van der Waals surface area contributed by atoms with Gasteiger partial charge < -0.3 is 14.9 Å². The number of hydrogen-bond acceptors (Lipinski definition) is 7. The van der Waals surface area contributed by atoms with Crippen molar-refractivity contribution in [1.29, 1.82) is 0 Å². The number of thioether (sulfide) groups is 1. The summed E-state index contributed by atoms with van der Waals surface area (Å²) in [5.41, 5.74) is 1.40. The van der Waals surface area contributed by atoms with Gasteiger partial charge in [-0.2, -0.15) is 0 Å². The minimum atomic E-state index is -0.672. The van der Waals surface area contributed by atoms with E-state index in [0.29, 0.717) is 12.1 Å². The molecule has 0 bridgehead atoms. The van der Waals surface area contributed by atoms with Crippen LogP contribution < -0.4 is 0 Å². The molecule has 2 aromatic rings. The first-order valence-corrected chi connectivity index (χ1v) is 7.13. The van der Waals surface area contributed by atoms with Crippen LogP contribution in [0.2, 0.25) is 0 Å². The monoisotopic (exact) mass is 282 g/mol. The number of aliphatic hydroxyl groups excluding tert-OH is 2. The van der Waals surface area contributed by atoms with E-state index in [1.807, 2.05) is 6.26 Å². The van der Waals surface area contributed by atoms with Crippen molar-refractivity contribution in [3.63, 3.8) is 0 Å². The molecule has 0 radical (unpaired) electrons. The molecular weight excluding hydrogens is 268 g/mol. The van der Waals surface area contributed by atoms with E-state index in [1.54, 1.807) is 10.9 Å². The van der Waals surface area contributed by atoms with Gasteiger partial charge in [0.15, 0.2) is 5.65 Å². The summed E-state index contributed by atoms with van der Waals surface area (Å²) in [4.78, 5) is 12.7. The lowest BCUT2D eigenvalue weighted by Crippen LogP contribution is -2.24. The highest BCUT2D eigenvalue weighted by molar-refractivity contribution is 7.98. The van der Waals surface area contributed by atoms with Crippen LogP contribution in [0.5, 0.6) is 0 Å². The fourth-order valence-electron chi connectivity index (χ4n) is 2.24. The highest BCUT2D eigenvalue weighted by Gasteiger charge is 2.35. The zero-order chi connectivity index (χ0) is 13.4. The Morgan fingerprint density at radius 3 is 3.00 bits per heavy atom. The van der Waals surface area contributed by atoms with Crippen LogP contribution in [0.1, 0.15) is 12.6 Å². The molecule has 3 rings (SSSR count). The third kappa shape index (κ3) is 2.10. The van der Waals surface area contributed by atoms with Crippen LogP contribution in [-0.2, 0) is 4.74 Å². The second-order valence-corrected chi connectivity index (χ2v) is 5.12. The van der Waals surface area contributed by atoms with E-state index in [1.165, 1.54) is 18.1 Å². The Balaban J connectivity index is 1.98. The van der Waals surface area contributed by atoms with Gasteiger partial charge in [-0.05, 0) is 6.26 Å². The molecule has 2 aromatic heterocycles. The summed E-state index contributed by atoms with van der Waals surface area (Å²) in [5.74, 6) is 0. The van der Waals surface area contributed by atoms with Crippen molar-refractivity contribution in [2.45, 2.75) is 29.9 Å². The Hall–Kier alpha value is -1.22.